The second kappa shape index (κ2) is 9.57. The second-order valence-electron chi connectivity index (χ2n) is 9.51. The van der Waals surface area contributed by atoms with Gasteiger partial charge in [0.2, 0.25) is 5.76 Å². The molecule has 1 aliphatic rings. The number of carboxylic acid groups (broad SMARTS) is 1. The minimum Gasteiger partial charge on any atom is -0.481 e. The number of halogens is 1. The highest BCUT2D eigenvalue weighted by Gasteiger charge is 2.33. The number of fused-ring (bicyclic) bond motifs is 1. The first-order valence-electron chi connectivity index (χ1n) is 12.2. The fourth-order valence-corrected chi connectivity index (χ4v) is 6.27. The van der Waals surface area contributed by atoms with Crippen molar-refractivity contribution >= 4 is 33.5 Å². The van der Waals surface area contributed by atoms with Crippen molar-refractivity contribution in [2.75, 3.05) is 18.0 Å². The highest BCUT2D eigenvalue weighted by atomic mass is 32.2. The zero-order valence-electron chi connectivity index (χ0n) is 20.8. The van der Waals surface area contributed by atoms with Crippen LogP contribution < -0.4 is 4.90 Å². The van der Waals surface area contributed by atoms with Gasteiger partial charge in [-0.1, -0.05) is 29.8 Å². The molecular weight excluding hydrogens is 517 g/mol. The molecule has 6 rings (SSSR count). The predicted octanol–water partition coefficient (Wildman–Crippen LogP) is 5.98. The molecule has 1 saturated heterocycles. The molecule has 0 aliphatic carbocycles. The van der Waals surface area contributed by atoms with E-state index in [9.17, 15) is 23.8 Å². The molecule has 7 nitrogen and oxygen atoms in total. The SMILES string of the molecule is Cc1ccc(S(=O)n2c(-c3cccc(N4CC(C(=O)O)C4)c3)c(-c3ccoc3C#N)c3cc(F)ccc32)cc1. The Bertz CT molecular complexity index is 1810. The zero-order valence-corrected chi connectivity index (χ0v) is 21.6. The molecule has 1 aliphatic heterocycles. The van der Waals surface area contributed by atoms with E-state index in [1.54, 1.807) is 28.2 Å². The van der Waals surface area contributed by atoms with Crippen LogP contribution in [0, 0.1) is 30.0 Å². The molecule has 194 valence electrons. The number of hydrogen-bond acceptors (Lipinski definition) is 5. The number of aryl methyl sites for hydroxylation is 1. The van der Waals surface area contributed by atoms with E-state index in [0.29, 0.717) is 51.3 Å². The average Bonchev–Trinajstić information content (AvgIpc) is 3.49. The Morgan fingerprint density at radius 1 is 1.10 bits per heavy atom. The van der Waals surface area contributed by atoms with Gasteiger partial charge in [-0.25, -0.2) is 8.60 Å². The highest BCUT2D eigenvalue weighted by Crippen LogP contribution is 2.44. The summed E-state index contributed by atoms with van der Waals surface area (Å²) in [4.78, 5) is 13.9. The van der Waals surface area contributed by atoms with Crippen LogP contribution in [-0.2, 0) is 15.8 Å². The minimum atomic E-state index is -1.73. The van der Waals surface area contributed by atoms with Crippen LogP contribution in [0.2, 0.25) is 0 Å². The Morgan fingerprint density at radius 2 is 1.87 bits per heavy atom. The van der Waals surface area contributed by atoms with Crippen LogP contribution in [0.1, 0.15) is 11.3 Å². The quantitative estimate of drug-likeness (QED) is 0.285. The molecule has 0 amide bonds. The fourth-order valence-electron chi connectivity index (χ4n) is 4.99. The Hall–Kier alpha value is -4.68. The molecule has 5 aromatic rings. The van der Waals surface area contributed by atoms with Crippen molar-refractivity contribution in [3.8, 4) is 28.5 Å². The average molecular weight is 540 g/mol. The molecule has 0 radical (unpaired) electrons. The lowest BCUT2D eigenvalue weighted by Gasteiger charge is -2.38. The van der Waals surface area contributed by atoms with Crippen LogP contribution in [0.15, 0.2) is 88.4 Å². The summed E-state index contributed by atoms with van der Waals surface area (Å²) in [5, 5.41) is 19.6. The largest absolute Gasteiger partial charge is 0.481 e. The van der Waals surface area contributed by atoms with Gasteiger partial charge in [0.1, 0.15) is 11.9 Å². The Labute approximate surface area is 225 Å². The first-order valence-corrected chi connectivity index (χ1v) is 13.4. The Kier molecular flexibility index (Phi) is 6.04. The lowest BCUT2D eigenvalue weighted by molar-refractivity contribution is -0.142. The smallest absolute Gasteiger partial charge is 0.310 e. The summed E-state index contributed by atoms with van der Waals surface area (Å²) >= 11 is 0. The summed E-state index contributed by atoms with van der Waals surface area (Å²) in [6, 6.07) is 22.9. The number of aromatic nitrogens is 1. The minimum absolute atomic E-state index is 0.0591. The Balaban J connectivity index is 1.63. The van der Waals surface area contributed by atoms with Gasteiger partial charge in [0.15, 0.2) is 11.0 Å². The van der Waals surface area contributed by atoms with Crippen LogP contribution in [0.3, 0.4) is 0 Å². The number of rotatable bonds is 6. The number of hydrogen-bond donors (Lipinski definition) is 1. The van der Waals surface area contributed by atoms with Gasteiger partial charge in [-0.05, 0) is 55.5 Å². The molecule has 1 atom stereocenters. The van der Waals surface area contributed by atoms with Crippen LogP contribution in [0.4, 0.5) is 10.1 Å². The number of nitrogens with zero attached hydrogens (tertiary/aromatic N) is 3. The van der Waals surface area contributed by atoms with E-state index in [1.165, 1.54) is 18.4 Å². The van der Waals surface area contributed by atoms with Gasteiger partial charge in [-0.2, -0.15) is 5.26 Å². The first-order chi connectivity index (χ1) is 18.9. The summed E-state index contributed by atoms with van der Waals surface area (Å²) in [6.07, 6.45) is 1.40. The standard InChI is InChI=1S/C30H22FN3O4S/c1-18-5-8-23(9-6-18)39(37)34-26-10-7-21(31)14-25(26)28(24-11-12-38-27(24)15-32)29(34)19-3-2-4-22(13-19)33-16-20(17-33)30(35)36/h2-14,20H,16-17H2,1H3,(H,35,36). The molecular formula is C30H22FN3O4S. The molecule has 9 heteroatoms. The maximum Gasteiger partial charge on any atom is 0.310 e. The summed E-state index contributed by atoms with van der Waals surface area (Å²) < 4.78 is 35.9. The summed E-state index contributed by atoms with van der Waals surface area (Å²) in [5.74, 6) is -1.67. The zero-order chi connectivity index (χ0) is 27.3. The maximum atomic E-state index is 14.6. The van der Waals surface area contributed by atoms with Crippen LogP contribution in [0.5, 0.6) is 0 Å². The molecule has 1 N–H and O–H groups in total. The number of furan rings is 1. The summed E-state index contributed by atoms with van der Waals surface area (Å²) in [5.41, 5.74) is 4.57. The van der Waals surface area contributed by atoms with Gasteiger partial charge >= 0.3 is 5.97 Å². The van der Waals surface area contributed by atoms with Crippen LogP contribution in [-0.4, -0.2) is 32.3 Å². The molecule has 1 unspecified atom stereocenters. The van der Waals surface area contributed by atoms with Crippen molar-refractivity contribution in [2.24, 2.45) is 5.92 Å². The van der Waals surface area contributed by atoms with Gasteiger partial charge in [0.25, 0.3) is 0 Å². The molecule has 0 bridgehead atoms. The van der Waals surface area contributed by atoms with Crippen LogP contribution in [0.25, 0.3) is 33.3 Å². The number of carboxylic acids is 1. The second-order valence-corrected chi connectivity index (χ2v) is 10.8. The van der Waals surface area contributed by atoms with Crippen molar-refractivity contribution in [3.63, 3.8) is 0 Å². The topological polar surface area (TPSA) is 99.5 Å². The lowest BCUT2D eigenvalue weighted by Crippen LogP contribution is -2.50. The first kappa shape index (κ1) is 24.6. The van der Waals surface area contributed by atoms with Gasteiger partial charge in [-0.15, -0.1) is 0 Å². The van der Waals surface area contributed by atoms with Crippen molar-refractivity contribution < 1.29 is 22.9 Å². The van der Waals surface area contributed by atoms with Crippen molar-refractivity contribution in [1.82, 2.24) is 3.97 Å². The van der Waals surface area contributed by atoms with E-state index in [-0.39, 0.29) is 5.76 Å². The number of nitriles is 1. The summed E-state index contributed by atoms with van der Waals surface area (Å²) in [6.45, 7) is 2.72. The van der Waals surface area contributed by atoms with E-state index in [0.717, 1.165) is 11.3 Å². The fraction of sp³-hybridized carbons (Fsp3) is 0.133. The Morgan fingerprint density at radius 3 is 2.59 bits per heavy atom. The van der Waals surface area contributed by atoms with Gasteiger partial charge < -0.3 is 14.4 Å². The number of aliphatic carboxylic acids is 1. The third-order valence-corrected chi connectivity index (χ3v) is 8.41. The van der Waals surface area contributed by atoms with Gasteiger partial charge in [0, 0.05) is 40.9 Å². The number of carbonyl (C=O) groups is 1. The van der Waals surface area contributed by atoms with E-state index in [4.69, 9.17) is 4.42 Å². The monoisotopic (exact) mass is 539 g/mol. The molecule has 0 saturated carbocycles. The maximum absolute atomic E-state index is 14.6. The van der Waals surface area contributed by atoms with Gasteiger partial charge in [-0.3, -0.25) is 8.77 Å². The number of benzene rings is 3. The van der Waals surface area contributed by atoms with E-state index < -0.39 is 28.7 Å². The molecule has 2 aromatic heterocycles. The lowest BCUT2D eigenvalue weighted by atomic mass is 9.96. The van der Waals surface area contributed by atoms with Crippen molar-refractivity contribution in [3.05, 3.63) is 96.2 Å². The molecule has 39 heavy (non-hydrogen) atoms. The van der Waals surface area contributed by atoms with E-state index >= 15 is 0 Å². The molecule has 3 heterocycles. The molecule has 1 fully saturated rings. The van der Waals surface area contributed by atoms with E-state index in [1.807, 2.05) is 48.2 Å². The third-order valence-electron chi connectivity index (χ3n) is 7.03. The molecule has 0 spiro atoms. The number of anilines is 1. The van der Waals surface area contributed by atoms with Gasteiger partial charge in [0.05, 0.1) is 28.3 Å². The summed E-state index contributed by atoms with van der Waals surface area (Å²) in [7, 11) is -1.73. The normalized spacial score (nSPS) is 14.2. The third kappa shape index (κ3) is 4.19. The van der Waals surface area contributed by atoms with Crippen LogP contribution >= 0.6 is 0 Å². The predicted molar refractivity (Wildman–Crippen MR) is 146 cm³/mol. The molecule has 3 aromatic carbocycles. The van der Waals surface area contributed by atoms with Crippen molar-refractivity contribution in [2.45, 2.75) is 11.8 Å². The van der Waals surface area contributed by atoms with Crippen molar-refractivity contribution in [1.29, 1.82) is 5.26 Å². The highest BCUT2D eigenvalue weighted by molar-refractivity contribution is 7.83. The van der Waals surface area contributed by atoms with E-state index in [2.05, 4.69) is 6.07 Å².